The van der Waals surface area contributed by atoms with Crippen LogP contribution in [0, 0.1) is 5.41 Å². The summed E-state index contributed by atoms with van der Waals surface area (Å²) in [5.74, 6) is 1.26. The van der Waals surface area contributed by atoms with Gasteiger partial charge >= 0.3 is 0 Å². The van der Waals surface area contributed by atoms with Gasteiger partial charge in [0.25, 0.3) is 0 Å². The normalized spacial score (nSPS) is 15.1. The van der Waals surface area contributed by atoms with E-state index in [0.717, 1.165) is 30.8 Å². The summed E-state index contributed by atoms with van der Waals surface area (Å²) in [7, 11) is 1.66. The Morgan fingerprint density at radius 2 is 2.21 bits per heavy atom. The summed E-state index contributed by atoms with van der Waals surface area (Å²) in [5, 5.41) is 0. The van der Waals surface area contributed by atoms with Crippen LogP contribution in [0.25, 0.3) is 0 Å². The van der Waals surface area contributed by atoms with Gasteiger partial charge in [-0.05, 0) is 50.5 Å². The molecular formula is C15H20ClNO2. The zero-order valence-corrected chi connectivity index (χ0v) is 12.5. The lowest BCUT2D eigenvalue weighted by Gasteiger charge is -2.35. The van der Waals surface area contributed by atoms with Gasteiger partial charge in [-0.1, -0.05) is 0 Å². The van der Waals surface area contributed by atoms with E-state index < -0.39 is 5.41 Å². The lowest BCUT2D eigenvalue weighted by atomic mass is 9.91. The summed E-state index contributed by atoms with van der Waals surface area (Å²) in [6, 6.07) is 5.89. The molecule has 0 spiro atoms. The molecule has 1 aliphatic rings. The monoisotopic (exact) mass is 281 g/mol. The average molecular weight is 282 g/mol. The van der Waals surface area contributed by atoms with Gasteiger partial charge < -0.3 is 9.64 Å². The highest BCUT2D eigenvalue weighted by Crippen LogP contribution is 2.33. The van der Waals surface area contributed by atoms with Crippen LogP contribution in [0.5, 0.6) is 5.75 Å². The highest BCUT2D eigenvalue weighted by molar-refractivity contribution is 6.20. The van der Waals surface area contributed by atoms with E-state index in [1.807, 2.05) is 36.9 Å². The molecule has 0 fully saturated rings. The number of ether oxygens (including phenoxy) is 1. The molecule has 0 bridgehead atoms. The predicted octanol–water partition coefficient (Wildman–Crippen LogP) is 3.24. The number of hydrogen-bond acceptors (Lipinski definition) is 2. The fraction of sp³-hybridized carbons (Fsp3) is 0.533. The summed E-state index contributed by atoms with van der Waals surface area (Å²) >= 11 is 5.91. The highest BCUT2D eigenvalue weighted by atomic mass is 35.5. The Labute approximate surface area is 119 Å². The van der Waals surface area contributed by atoms with Crippen molar-refractivity contribution in [1.29, 1.82) is 0 Å². The molecule has 0 saturated carbocycles. The van der Waals surface area contributed by atoms with Crippen molar-refractivity contribution in [3.8, 4) is 5.75 Å². The van der Waals surface area contributed by atoms with E-state index in [0.29, 0.717) is 5.88 Å². The van der Waals surface area contributed by atoms with E-state index in [-0.39, 0.29) is 5.91 Å². The van der Waals surface area contributed by atoms with Crippen LogP contribution in [0.15, 0.2) is 18.2 Å². The van der Waals surface area contributed by atoms with Gasteiger partial charge in [0, 0.05) is 18.1 Å². The molecule has 0 N–H and O–H groups in total. The quantitative estimate of drug-likeness (QED) is 0.796. The summed E-state index contributed by atoms with van der Waals surface area (Å²) < 4.78 is 5.24. The maximum Gasteiger partial charge on any atom is 0.233 e. The van der Waals surface area contributed by atoms with E-state index >= 15 is 0 Å². The fourth-order valence-electron chi connectivity index (χ4n) is 2.33. The first-order chi connectivity index (χ1) is 8.99. The molecule has 0 aliphatic carbocycles. The van der Waals surface area contributed by atoms with E-state index in [4.69, 9.17) is 16.3 Å². The molecule has 4 heteroatoms. The Kier molecular flexibility index (Phi) is 4.04. The van der Waals surface area contributed by atoms with Crippen LogP contribution in [-0.4, -0.2) is 25.4 Å². The fourth-order valence-corrected chi connectivity index (χ4v) is 2.45. The smallest absolute Gasteiger partial charge is 0.233 e. The molecule has 1 amide bonds. The van der Waals surface area contributed by atoms with Crippen LogP contribution in [0.1, 0.15) is 25.8 Å². The number of alkyl halides is 1. The minimum absolute atomic E-state index is 0.0913. The molecule has 0 radical (unpaired) electrons. The largest absolute Gasteiger partial charge is 0.497 e. The Balaban J connectivity index is 2.35. The van der Waals surface area contributed by atoms with Crippen molar-refractivity contribution >= 4 is 23.2 Å². The van der Waals surface area contributed by atoms with Crippen molar-refractivity contribution < 1.29 is 9.53 Å². The van der Waals surface area contributed by atoms with Crippen LogP contribution in [-0.2, 0) is 11.2 Å². The highest BCUT2D eigenvalue weighted by Gasteiger charge is 2.34. The molecule has 0 saturated heterocycles. The molecule has 1 aromatic rings. The third-order valence-electron chi connectivity index (χ3n) is 3.56. The number of fused-ring (bicyclic) bond motifs is 1. The van der Waals surface area contributed by atoms with Gasteiger partial charge in [-0.25, -0.2) is 0 Å². The third kappa shape index (κ3) is 2.71. The third-order valence-corrected chi connectivity index (χ3v) is 4.23. The number of methoxy groups -OCH3 is 1. The van der Waals surface area contributed by atoms with Crippen molar-refractivity contribution in [1.82, 2.24) is 0 Å². The van der Waals surface area contributed by atoms with Crippen LogP contribution in [0.4, 0.5) is 5.69 Å². The molecule has 1 heterocycles. The number of rotatable bonds is 3. The molecule has 0 atom stereocenters. The Bertz CT molecular complexity index is 485. The second kappa shape index (κ2) is 5.41. The van der Waals surface area contributed by atoms with Crippen molar-refractivity contribution in [2.45, 2.75) is 26.7 Å². The first kappa shape index (κ1) is 14.2. The number of benzene rings is 1. The Hall–Kier alpha value is -1.22. The topological polar surface area (TPSA) is 29.5 Å². The van der Waals surface area contributed by atoms with Gasteiger partial charge in [-0.2, -0.15) is 0 Å². The predicted molar refractivity (Wildman–Crippen MR) is 78.2 cm³/mol. The molecule has 3 nitrogen and oxygen atoms in total. The Morgan fingerprint density at radius 1 is 1.47 bits per heavy atom. The van der Waals surface area contributed by atoms with Gasteiger partial charge in [-0.3, -0.25) is 4.79 Å². The van der Waals surface area contributed by atoms with E-state index in [1.165, 1.54) is 5.56 Å². The molecule has 1 aliphatic heterocycles. The lowest BCUT2D eigenvalue weighted by Crippen LogP contribution is -2.44. The van der Waals surface area contributed by atoms with E-state index in [1.54, 1.807) is 7.11 Å². The maximum atomic E-state index is 12.6. The summed E-state index contributed by atoms with van der Waals surface area (Å²) in [6.45, 7) is 4.54. The van der Waals surface area contributed by atoms with Gasteiger partial charge in [-0.15, -0.1) is 11.6 Å². The zero-order chi connectivity index (χ0) is 14.0. The minimum Gasteiger partial charge on any atom is -0.497 e. The SMILES string of the molecule is COc1ccc2c(c1)CCCN2C(=O)C(C)(C)CCl. The number of aryl methyl sites for hydroxylation is 1. The second-order valence-electron chi connectivity index (χ2n) is 5.57. The first-order valence-corrected chi connectivity index (χ1v) is 7.08. The Morgan fingerprint density at radius 3 is 2.84 bits per heavy atom. The van der Waals surface area contributed by atoms with Gasteiger partial charge in [0.05, 0.1) is 12.5 Å². The van der Waals surface area contributed by atoms with Crippen molar-refractivity contribution in [3.63, 3.8) is 0 Å². The molecule has 0 unspecified atom stereocenters. The van der Waals surface area contributed by atoms with E-state index in [9.17, 15) is 4.79 Å². The summed E-state index contributed by atoms with van der Waals surface area (Å²) in [5.41, 5.74) is 1.63. The standard InChI is InChI=1S/C15H20ClNO2/c1-15(2,10-16)14(18)17-8-4-5-11-9-12(19-3)6-7-13(11)17/h6-7,9H,4-5,8,10H2,1-3H3. The van der Waals surface area contributed by atoms with E-state index in [2.05, 4.69) is 0 Å². The number of nitrogens with zero attached hydrogens (tertiary/aromatic N) is 1. The lowest BCUT2D eigenvalue weighted by molar-refractivity contribution is -0.125. The van der Waals surface area contributed by atoms with Crippen molar-refractivity contribution in [2.24, 2.45) is 5.41 Å². The van der Waals surface area contributed by atoms with Gasteiger partial charge in [0.1, 0.15) is 5.75 Å². The van der Waals surface area contributed by atoms with Crippen molar-refractivity contribution in [2.75, 3.05) is 24.4 Å². The maximum absolute atomic E-state index is 12.6. The van der Waals surface area contributed by atoms with Crippen LogP contribution in [0.3, 0.4) is 0 Å². The van der Waals surface area contributed by atoms with Gasteiger partial charge in [0.2, 0.25) is 5.91 Å². The van der Waals surface area contributed by atoms with Crippen LogP contribution >= 0.6 is 11.6 Å². The van der Waals surface area contributed by atoms with Crippen LogP contribution < -0.4 is 9.64 Å². The molecule has 2 rings (SSSR count). The number of amides is 1. The number of carbonyl (C=O) groups excluding carboxylic acids is 1. The number of anilines is 1. The molecular weight excluding hydrogens is 262 g/mol. The zero-order valence-electron chi connectivity index (χ0n) is 11.7. The van der Waals surface area contributed by atoms with Gasteiger partial charge in [0.15, 0.2) is 0 Å². The van der Waals surface area contributed by atoms with Crippen molar-refractivity contribution in [3.05, 3.63) is 23.8 Å². The first-order valence-electron chi connectivity index (χ1n) is 6.54. The summed E-state index contributed by atoms with van der Waals surface area (Å²) in [4.78, 5) is 14.4. The molecule has 0 aromatic heterocycles. The number of hydrogen-bond donors (Lipinski definition) is 0. The molecule has 1 aromatic carbocycles. The number of carbonyl (C=O) groups is 1. The molecule has 104 valence electrons. The number of halogens is 1. The molecule has 19 heavy (non-hydrogen) atoms. The van der Waals surface area contributed by atoms with Crippen LogP contribution in [0.2, 0.25) is 0 Å². The second-order valence-corrected chi connectivity index (χ2v) is 5.84. The minimum atomic E-state index is -0.532. The summed E-state index contributed by atoms with van der Waals surface area (Å²) in [6.07, 6.45) is 1.96. The average Bonchev–Trinajstić information content (AvgIpc) is 2.45.